The van der Waals surface area contributed by atoms with E-state index < -0.39 is 0 Å². The Balaban J connectivity index is 1.38. The van der Waals surface area contributed by atoms with Crippen LogP contribution in [0.5, 0.6) is 11.5 Å². The fourth-order valence-corrected chi connectivity index (χ4v) is 3.42. The molecule has 0 unspecified atom stereocenters. The van der Waals surface area contributed by atoms with Gasteiger partial charge in [-0.05, 0) is 43.0 Å². The lowest BCUT2D eigenvalue weighted by Crippen LogP contribution is -2.34. The number of hydrogen-bond donors (Lipinski definition) is 1. The Morgan fingerprint density at radius 3 is 2.67 bits per heavy atom. The standard InChI is InChI=1S/C17H23N5O2/c1-12-6-16-17(24-11-23-16)7-13(12)9-21-4-2-15(3-5-21)22-10-14(8-18)19-20-22/h6-7,10,15H,2-5,8-9,11,18H2,1H3. The number of likely N-dealkylation sites (tertiary alicyclic amines) is 1. The van der Waals surface area contributed by atoms with Crippen LogP contribution in [-0.4, -0.2) is 39.8 Å². The van der Waals surface area contributed by atoms with Gasteiger partial charge in [0.1, 0.15) is 0 Å². The van der Waals surface area contributed by atoms with Crippen molar-refractivity contribution < 1.29 is 9.47 Å². The van der Waals surface area contributed by atoms with Gasteiger partial charge in [0, 0.05) is 26.2 Å². The molecule has 0 aliphatic carbocycles. The molecule has 128 valence electrons. The van der Waals surface area contributed by atoms with Crippen LogP contribution in [0.15, 0.2) is 18.3 Å². The SMILES string of the molecule is Cc1cc2c(cc1CN1CCC(n3cc(CN)nn3)CC1)OCO2. The molecule has 2 aliphatic rings. The molecule has 2 N–H and O–H groups in total. The van der Waals surface area contributed by atoms with E-state index in [1.807, 2.05) is 10.9 Å². The van der Waals surface area contributed by atoms with Crippen LogP contribution in [0.4, 0.5) is 0 Å². The molecule has 3 heterocycles. The molecule has 4 rings (SSSR count). The van der Waals surface area contributed by atoms with Crippen molar-refractivity contribution in [2.75, 3.05) is 19.9 Å². The topological polar surface area (TPSA) is 78.4 Å². The number of piperidine rings is 1. The molecule has 2 aliphatic heterocycles. The Morgan fingerprint density at radius 2 is 1.96 bits per heavy atom. The van der Waals surface area contributed by atoms with Crippen molar-refractivity contribution in [3.8, 4) is 11.5 Å². The van der Waals surface area contributed by atoms with Gasteiger partial charge in [-0.15, -0.1) is 5.10 Å². The summed E-state index contributed by atoms with van der Waals surface area (Å²) in [6, 6.07) is 4.62. The summed E-state index contributed by atoms with van der Waals surface area (Å²) in [5.41, 5.74) is 9.03. The number of rotatable bonds is 4. The van der Waals surface area contributed by atoms with Crippen LogP contribution in [0.2, 0.25) is 0 Å². The number of ether oxygens (including phenoxy) is 2. The molecular formula is C17H23N5O2. The molecule has 1 aromatic carbocycles. The molecule has 1 saturated heterocycles. The van der Waals surface area contributed by atoms with Gasteiger partial charge in [-0.3, -0.25) is 4.90 Å². The Bertz CT molecular complexity index is 722. The average Bonchev–Trinajstić information content (AvgIpc) is 3.24. The lowest BCUT2D eigenvalue weighted by molar-refractivity contribution is 0.170. The van der Waals surface area contributed by atoms with Crippen LogP contribution in [0.3, 0.4) is 0 Å². The van der Waals surface area contributed by atoms with Gasteiger partial charge in [0.15, 0.2) is 11.5 Å². The van der Waals surface area contributed by atoms with Gasteiger partial charge in [0.05, 0.1) is 17.9 Å². The number of benzene rings is 1. The van der Waals surface area contributed by atoms with Crippen LogP contribution >= 0.6 is 0 Å². The lowest BCUT2D eigenvalue weighted by Gasteiger charge is -2.32. The van der Waals surface area contributed by atoms with Crippen molar-refractivity contribution in [2.24, 2.45) is 5.73 Å². The number of nitrogens with zero attached hydrogens (tertiary/aromatic N) is 4. The van der Waals surface area contributed by atoms with E-state index in [1.165, 1.54) is 11.1 Å². The predicted molar refractivity (Wildman–Crippen MR) is 88.8 cm³/mol. The molecule has 1 aromatic heterocycles. The van der Waals surface area contributed by atoms with Gasteiger partial charge in [0.2, 0.25) is 6.79 Å². The number of nitrogens with two attached hydrogens (primary N) is 1. The predicted octanol–water partition coefficient (Wildman–Crippen LogP) is 1.61. The Hall–Kier alpha value is -2.12. The first kappa shape index (κ1) is 15.4. The van der Waals surface area contributed by atoms with Gasteiger partial charge in [-0.25, -0.2) is 4.68 Å². The third-order valence-corrected chi connectivity index (χ3v) is 4.92. The third kappa shape index (κ3) is 2.97. The van der Waals surface area contributed by atoms with E-state index in [0.29, 0.717) is 19.4 Å². The monoisotopic (exact) mass is 329 g/mol. The van der Waals surface area contributed by atoms with Crippen LogP contribution in [0, 0.1) is 6.92 Å². The number of hydrogen-bond acceptors (Lipinski definition) is 6. The number of fused-ring (bicyclic) bond motifs is 1. The van der Waals surface area contributed by atoms with Crippen molar-refractivity contribution in [1.29, 1.82) is 0 Å². The van der Waals surface area contributed by atoms with Crippen LogP contribution < -0.4 is 15.2 Å². The zero-order valence-electron chi connectivity index (χ0n) is 13.9. The summed E-state index contributed by atoms with van der Waals surface area (Å²) in [5.74, 6) is 1.72. The quantitative estimate of drug-likeness (QED) is 0.918. The largest absolute Gasteiger partial charge is 0.454 e. The molecule has 0 spiro atoms. The molecule has 7 heteroatoms. The van der Waals surface area contributed by atoms with Crippen molar-refractivity contribution >= 4 is 0 Å². The van der Waals surface area contributed by atoms with Gasteiger partial charge in [-0.2, -0.15) is 0 Å². The van der Waals surface area contributed by atoms with Gasteiger partial charge < -0.3 is 15.2 Å². The summed E-state index contributed by atoms with van der Waals surface area (Å²) in [6.07, 6.45) is 4.14. The van der Waals surface area contributed by atoms with E-state index in [2.05, 4.69) is 34.3 Å². The first-order valence-electron chi connectivity index (χ1n) is 8.45. The summed E-state index contributed by atoms with van der Waals surface area (Å²) in [5, 5.41) is 8.30. The Labute approximate surface area is 141 Å². The second kappa shape index (κ2) is 6.41. The van der Waals surface area contributed by atoms with Crippen LogP contribution in [0.1, 0.15) is 35.7 Å². The summed E-state index contributed by atoms with van der Waals surface area (Å²) < 4.78 is 12.9. The van der Waals surface area contributed by atoms with Crippen molar-refractivity contribution in [3.05, 3.63) is 35.2 Å². The summed E-state index contributed by atoms with van der Waals surface area (Å²) >= 11 is 0. The highest BCUT2D eigenvalue weighted by atomic mass is 16.7. The lowest BCUT2D eigenvalue weighted by atomic mass is 10.0. The Morgan fingerprint density at radius 1 is 1.21 bits per heavy atom. The second-order valence-corrected chi connectivity index (χ2v) is 6.53. The molecule has 0 atom stereocenters. The first-order chi connectivity index (χ1) is 11.7. The van der Waals surface area contributed by atoms with Gasteiger partial charge in [-0.1, -0.05) is 5.21 Å². The zero-order valence-corrected chi connectivity index (χ0v) is 13.9. The first-order valence-corrected chi connectivity index (χ1v) is 8.45. The Kier molecular flexibility index (Phi) is 4.12. The van der Waals surface area contributed by atoms with E-state index in [-0.39, 0.29) is 0 Å². The minimum absolute atomic E-state index is 0.326. The van der Waals surface area contributed by atoms with Gasteiger partial charge in [0.25, 0.3) is 0 Å². The maximum absolute atomic E-state index is 5.61. The summed E-state index contributed by atoms with van der Waals surface area (Å²) in [6.45, 7) is 5.95. The normalized spacial score (nSPS) is 18.2. The molecule has 0 saturated carbocycles. The fourth-order valence-electron chi connectivity index (χ4n) is 3.42. The molecule has 0 bridgehead atoms. The molecule has 0 amide bonds. The summed E-state index contributed by atoms with van der Waals surface area (Å²) in [4.78, 5) is 2.49. The molecule has 1 fully saturated rings. The minimum atomic E-state index is 0.326. The second-order valence-electron chi connectivity index (χ2n) is 6.53. The highest BCUT2D eigenvalue weighted by molar-refractivity contribution is 5.48. The minimum Gasteiger partial charge on any atom is -0.454 e. The smallest absolute Gasteiger partial charge is 0.231 e. The van der Waals surface area contributed by atoms with E-state index in [9.17, 15) is 0 Å². The van der Waals surface area contributed by atoms with Crippen LogP contribution in [-0.2, 0) is 13.1 Å². The van der Waals surface area contributed by atoms with Crippen molar-refractivity contribution in [1.82, 2.24) is 19.9 Å². The van der Waals surface area contributed by atoms with Crippen LogP contribution in [0.25, 0.3) is 0 Å². The third-order valence-electron chi connectivity index (χ3n) is 4.92. The van der Waals surface area contributed by atoms with E-state index in [4.69, 9.17) is 15.2 Å². The van der Waals surface area contributed by atoms with Crippen molar-refractivity contribution in [3.63, 3.8) is 0 Å². The molecule has 24 heavy (non-hydrogen) atoms. The highest BCUT2D eigenvalue weighted by Gasteiger charge is 2.23. The van der Waals surface area contributed by atoms with E-state index in [0.717, 1.165) is 49.7 Å². The zero-order chi connectivity index (χ0) is 16.5. The molecule has 0 radical (unpaired) electrons. The fraction of sp³-hybridized carbons (Fsp3) is 0.529. The van der Waals surface area contributed by atoms with E-state index >= 15 is 0 Å². The number of aryl methyl sites for hydroxylation is 1. The summed E-state index contributed by atoms with van der Waals surface area (Å²) in [7, 11) is 0. The maximum Gasteiger partial charge on any atom is 0.231 e. The number of aromatic nitrogens is 3. The highest BCUT2D eigenvalue weighted by Crippen LogP contribution is 2.35. The molecular weight excluding hydrogens is 306 g/mol. The van der Waals surface area contributed by atoms with E-state index in [1.54, 1.807) is 0 Å². The van der Waals surface area contributed by atoms with Crippen molar-refractivity contribution in [2.45, 2.75) is 38.9 Å². The maximum atomic E-state index is 5.61. The average molecular weight is 329 g/mol. The molecule has 2 aromatic rings. The van der Waals surface area contributed by atoms with Gasteiger partial charge >= 0.3 is 0 Å². The molecule has 7 nitrogen and oxygen atoms in total.